The van der Waals surface area contributed by atoms with Crippen LogP contribution in [-0.2, 0) is 64.5 Å². The SMILES string of the molecule is C[C@@H]1C[C@H]2C(=O)N([C@H](CS(=O)(=O)c3ccccc3O)C(=O)CCc3ccc(Cl)c(Cl)c3)CCC(CCc3ccccc3)N2C1.C[C@@H]1C[C@H]2C(=O)N([C@H](CS(=O)(=O)c3ccccc3O)C(=O)CCc3ccc(Cl)c(Cl)c3)CCC(CCc3ccccc3)[N+]2([O-])C1. The molecule has 0 radical (unpaired) electrons. The number of hydrogen-bond donors (Lipinski definition) is 2. The van der Waals surface area contributed by atoms with Gasteiger partial charge in [0.25, 0.3) is 5.91 Å². The first-order chi connectivity index (χ1) is 42.4. The summed E-state index contributed by atoms with van der Waals surface area (Å²) in [6.07, 6.45) is 5.53. The van der Waals surface area contributed by atoms with Crippen LogP contribution in [0.5, 0.6) is 11.5 Å². The van der Waals surface area contributed by atoms with Crippen molar-refractivity contribution in [2.45, 2.75) is 137 Å². The summed E-state index contributed by atoms with van der Waals surface area (Å²) < 4.78 is 54.0. The van der Waals surface area contributed by atoms with Crippen molar-refractivity contribution in [3.8, 4) is 11.5 Å². The minimum absolute atomic E-state index is 0.00410. The smallest absolute Gasteiger partial charge is 0.281 e. The maximum absolute atomic E-state index is 14.6. The van der Waals surface area contributed by atoms with Gasteiger partial charge in [-0.2, -0.15) is 0 Å². The highest BCUT2D eigenvalue weighted by atomic mass is 35.5. The Morgan fingerprint density at radius 1 is 0.562 bits per heavy atom. The molecule has 15 nitrogen and oxygen atoms in total. The number of phenolic OH excluding ortho intramolecular Hbond substituents is 2. The van der Waals surface area contributed by atoms with Crippen LogP contribution in [0, 0.1) is 17.0 Å². The van der Waals surface area contributed by atoms with Crippen molar-refractivity contribution in [2.75, 3.05) is 37.7 Å². The third-order valence-corrected chi connectivity index (χ3v) is 23.1. The quantitative estimate of drug-likeness (QED) is 0.0480. The molecule has 21 heteroatoms. The van der Waals surface area contributed by atoms with E-state index in [0.29, 0.717) is 77.5 Å². The average molecular weight is 1330 g/mol. The summed E-state index contributed by atoms with van der Waals surface area (Å²) in [4.78, 5) is 61.1. The van der Waals surface area contributed by atoms with Gasteiger partial charge < -0.3 is 29.9 Å². The lowest BCUT2D eigenvalue weighted by atomic mass is 10.0. The molecule has 6 aromatic rings. The van der Waals surface area contributed by atoms with Crippen LogP contribution in [0.25, 0.3) is 0 Å². The molecule has 89 heavy (non-hydrogen) atoms. The van der Waals surface area contributed by atoms with E-state index in [1.807, 2.05) is 55.5 Å². The molecule has 6 aromatic carbocycles. The molecule has 2 amide bonds. The lowest BCUT2D eigenvalue weighted by Crippen LogP contribution is -2.58. The fraction of sp³-hybridized carbons (Fsp3) is 0.412. The molecule has 4 heterocycles. The van der Waals surface area contributed by atoms with Gasteiger partial charge in [-0.3, -0.25) is 24.1 Å². The number of carbonyl (C=O) groups excluding carboxylic acids is 4. The number of phenols is 2. The summed E-state index contributed by atoms with van der Waals surface area (Å²) in [5.41, 5.74) is 3.86. The number of ketones is 2. The topological polar surface area (TPSA) is 210 Å². The number of hydrogen-bond acceptors (Lipinski definition) is 12. The number of quaternary nitrogens is 1. The number of rotatable bonds is 22. The largest absolute Gasteiger partial charge is 0.632 e. The van der Waals surface area contributed by atoms with Gasteiger partial charge in [0.2, 0.25) is 5.91 Å². The van der Waals surface area contributed by atoms with E-state index in [2.05, 4.69) is 24.0 Å². The highest BCUT2D eigenvalue weighted by Crippen LogP contribution is 2.41. The van der Waals surface area contributed by atoms with Crippen molar-refractivity contribution < 1.29 is 50.9 Å². The molecule has 4 fully saturated rings. The van der Waals surface area contributed by atoms with Crippen LogP contribution in [0.2, 0.25) is 20.1 Å². The number of aryl methyl sites for hydroxylation is 4. The fourth-order valence-electron chi connectivity index (χ4n) is 13.5. The summed E-state index contributed by atoms with van der Waals surface area (Å²) in [6, 6.07) is 37.4. The normalized spacial score (nSPS) is 22.9. The van der Waals surface area contributed by atoms with E-state index < -0.39 is 77.4 Å². The predicted octanol–water partition coefficient (Wildman–Crippen LogP) is 12.0. The Balaban J connectivity index is 0.000000211. The van der Waals surface area contributed by atoms with Gasteiger partial charge in [0.15, 0.2) is 37.3 Å². The van der Waals surface area contributed by atoms with Gasteiger partial charge in [-0.1, -0.05) is 157 Å². The molecule has 4 aliphatic rings. The molecular formula is C68H76Cl4N4O11S2. The van der Waals surface area contributed by atoms with E-state index in [9.17, 15) is 51.4 Å². The summed E-state index contributed by atoms with van der Waals surface area (Å²) >= 11 is 24.5. The monoisotopic (exact) mass is 1330 g/mol. The number of amides is 2. The maximum atomic E-state index is 14.6. The highest BCUT2D eigenvalue weighted by molar-refractivity contribution is 7.92. The lowest BCUT2D eigenvalue weighted by Gasteiger charge is -2.48. The number of Topliss-reactive ketones (excluding diaryl/α,β-unsaturated/α-hetero) is 2. The van der Waals surface area contributed by atoms with Gasteiger partial charge in [0.05, 0.1) is 50.2 Å². The van der Waals surface area contributed by atoms with Crippen molar-refractivity contribution in [3.63, 3.8) is 0 Å². The average Bonchev–Trinajstić information content (AvgIpc) is 2.23. The van der Waals surface area contributed by atoms with Gasteiger partial charge in [0.1, 0.15) is 33.4 Å². The summed E-state index contributed by atoms with van der Waals surface area (Å²) in [5, 5.41) is 36.8. The predicted molar refractivity (Wildman–Crippen MR) is 348 cm³/mol. The number of fused-ring (bicyclic) bond motifs is 2. The van der Waals surface area contributed by atoms with Crippen molar-refractivity contribution in [3.05, 3.63) is 193 Å². The molecular weight excluding hydrogens is 1250 g/mol. The Morgan fingerprint density at radius 2 is 1.02 bits per heavy atom. The van der Waals surface area contributed by atoms with Crippen molar-refractivity contribution in [2.24, 2.45) is 11.8 Å². The van der Waals surface area contributed by atoms with Crippen molar-refractivity contribution in [1.29, 1.82) is 0 Å². The molecule has 0 bridgehead atoms. The molecule has 0 aliphatic carbocycles. The van der Waals surface area contributed by atoms with Gasteiger partial charge in [-0.25, -0.2) is 16.8 Å². The number of halogens is 4. The molecule has 0 saturated carbocycles. The number of hydroxylamine groups is 3. The molecule has 3 unspecified atom stereocenters. The molecule has 9 atom stereocenters. The third kappa shape index (κ3) is 16.4. The van der Waals surface area contributed by atoms with E-state index in [-0.39, 0.29) is 77.6 Å². The van der Waals surface area contributed by atoms with Crippen LogP contribution < -0.4 is 0 Å². The van der Waals surface area contributed by atoms with Gasteiger partial charge in [-0.05, 0) is 122 Å². The van der Waals surface area contributed by atoms with E-state index >= 15 is 0 Å². The summed E-state index contributed by atoms with van der Waals surface area (Å²) in [6.45, 7) is 5.54. The van der Waals surface area contributed by atoms with Crippen LogP contribution in [0.15, 0.2) is 155 Å². The Labute approximate surface area is 542 Å². The third-order valence-electron chi connectivity index (χ3n) is 18.1. The first-order valence-electron chi connectivity index (χ1n) is 30.4. The standard InChI is InChI=1S/C34H38Cl2N2O6S.C34H38Cl2N2O5S/c1-23-19-30-34(41)37(18-17-26(38(30,42)21-23)14-11-24-7-3-2-4-8-24)29(22-45(43,44)33-10-6-5-9-32(33)40)31(39)16-13-25-12-15-27(35)28(36)20-25;1-23-19-29-34(41)37(18-17-26(38(29)21-23)14-11-24-7-3-2-4-8-24)30(22-44(42,43)33-10-6-5-9-32(33)40)31(39)16-13-25-12-15-27(35)28(36)20-25/h2-10,12,15,20,23,26,29-30,40H,11,13-14,16-19,21-22H2,1H3;2-10,12,15,20,23,26,29-30,40H,11,13-14,16-19,21-22H2,1H3/t23-,26?,29-,30+,38?;23-,26?,29+,30-/m11/s1. The van der Waals surface area contributed by atoms with E-state index in [1.165, 1.54) is 63.9 Å². The Kier molecular flexibility index (Phi) is 22.5. The first-order valence-corrected chi connectivity index (χ1v) is 35.2. The van der Waals surface area contributed by atoms with Crippen LogP contribution in [0.4, 0.5) is 0 Å². The lowest BCUT2D eigenvalue weighted by molar-refractivity contribution is -0.909. The van der Waals surface area contributed by atoms with Crippen LogP contribution >= 0.6 is 46.4 Å². The van der Waals surface area contributed by atoms with Crippen LogP contribution in [0.1, 0.15) is 87.5 Å². The zero-order chi connectivity index (χ0) is 63.8. The number of sulfone groups is 2. The van der Waals surface area contributed by atoms with E-state index in [1.54, 1.807) is 36.4 Å². The second-order valence-electron chi connectivity index (χ2n) is 24.4. The second-order valence-corrected chi connectivity index (χ2v) is 30.0. The minimum atomic E-state index is -4.21. The number of aromatic hydroxyl groups is 2. The maximum Gasteiger partial charge on any atom is 0.281 e. The van der Waals surface area contributed by atoms with Crippen LogP contribution in [0.3, 0.4) is 0 Å². The molecule has 2 N–H and O–H groups in total. The Morgan fingerprint density at radius 3 is 1.52 bits per heavy atom. The zero-order valence-corrected chi connectivity index (χ0v) is 54.5. The molecule has 10 rings (SSSR count). The zero-order valence-electron chi connectivity index (χ0n) is 49.9. The van der Waals surface area contributed by atoms with Gasteiger partial charge >= 0.3 is 0 Å². The molecule has 4 saturated heterocycles. The van der Waals surface area contributed by atoms with Crippen LogP contribution in [-0.4, -0.2) is 144 Å². The number of nitrogens with zero attached hydrogens (tertiary/aromatic N) is 4. The van der Waals surface area contributed by atoms with Crippen molar-refractivity contribution in [1.82, 2.24) is 14.7 Å². The second kappa shape index (κ2) is 29.6. The fourth-order valence-corrected chi connectivity index (χ4v) is 17.4. The number of carbonyl (C=O) groups is 4. The van der Waals surface area contributed by atoms with Gasteiger partial charge in [-0.15, -0.1) is 0 Å². The number of benzene rings is 6. The van der Waals surface area contributed by atoms with E-state index in [4.69, 9.17) is 46.4 Å². The minimum Gasteiger partial charge on any atom is -0.632 e. The van der Waals surface area contributed by atoms with Gasteiger partial charge in [0, 0.05) is 63.7 Å². The first kappa shape index (κ1) is 67.5. The Bertz CT molecular complexity index is 3740. The van der Waals surface area contributed by atoms with E-state index in [0.717, 1.165) is 36.1 Å². The summed E-state index contributed by atoms with van der Waals surface area (Å²) in [7, 11) is -8.33. The Hall–Kier alpha value is -5.86. The molecule has 474 valence electrons. The van der Waals surface area contributed by atoms with Crippen molar-refractivity contribution >= 4 is 89.5 Å². The molecule has 0 spiro atoms. The molecule has 0 aromatic heterocycles. The molecule has 4 aliphatic heterocycles. The number of para-hydroxylation sites is 2. The summed E-state index contributed by atoms with van der Waals surface area (Å²) in [5.74, 6) is -3.26. The highest BCUT2D eigenvalue weighted by Gasteiger charge is 2.53.